The van der Waals surface area contributed by atoms with Gasteiger partial charge in [0.15, 0.2) is 11.6 Å². The van der Waals surface area contributed by atoms with E-state index in [-0.39, 0.29) is 24.5 Å². The van der Waals surface area contributed by atoms with Crippen LogP contribution in [0.5, 0.6) is 5.75 Å². The van der Waals surface area contributed by atoms with Gasteiger partial charge in [-0.2, -0.15) is 5.10 Å². The number of nitrogens with one attached hydrogen (secondary N) is 1. The molecule has 4 rings (SSSR count). The molecule has 0 aliphatic carbocycles. The van der Waals surface area contributed by atoms with Gasteiger partial charge in [0.05, 0.1) is 31.5 Å². The predicted octanol–water partition coefficient (Wildman–Crippen LogP) is 3.38. The number of nitrogens with zero attached hydrogens (tertiary/aromatic N) is 4. The number of carbonyl (C=O) groups is 1. The van der Waals surface area contributed by atoms with Crippen LogP contribution in [0.3, 0.4) is 0 Å². The van der Waals surface area contributed by atoms with Crippen LogP contribution in [0.25, 0.3) is 0 Å². The minimum Gasteiger partial charge on any atom is -0.494 e. The third-order valence-electron chi connectivity index (χ3n) is 6.91. The monoisotopic (exact) mass is 551 g/mol. The zero-order chi connectivity index (χ0) is 29.0. The largest absolute Gasteiger partial charge is 0.494 e. The molecule has 40 heavy (non-hydrogen) atoms. The molecule has 2 heterocycles. The maximum atomic E-state index is 15.2. The van der Waals surface area contributed by atoms with Crippen LogP contribution < -0.4 is 26.6 Å². The van der Waals surface area contributed by atoms with Gasteiger partial charge in [-0.1, -0.05) is 18.2 Å². The van der Waals surface area contributed by atoms with E-state index in [4.69, 9.17) is 21.1 Å². The summed E-state index contributed by atoms with van der Waals surface area (Å²) in [6, 6.07) is 10.0. The van der Waals surface area contributed by atoms with Gasteiger partial charge in [0.25, 0.3) is 5.91 Å². The SMILES string of the molecule is COCc1nn(Cc2ccc3c(c2)CN(C(C)C)C3)cc1C(=O)NCc1c(N(N)/C=C(/C)N)ccc(OC)c1F. The first kappa shape index (κ1) is 29.1. The average molecular weight is 552 g/mol. The summed E-state index contributed by atoms with van der Waals surface area (Å²) in [5, 5.41) is 8.62. The number of hydrogen-bond acceptors (Lipinski definition) is 8. The van der Waals surface area contributed by atoms with E-state index >= 15 is 4.39 Å². The molecular formula is C29H38FN7O3. The molecule has 0 fully saturated rings. The zero-order valence-electron chi connectivity index (χ0n) is 23.7. The Morgan fingerprint density at radius 1 is 1.23 bits per heavy atom. The number of rotatable bonds is 11. The molecule has 10 nitrogen and oxygen atoms in total. The molecule has 0 bridgehead atoms. The van der Waals surface area contributed by atoms with Crippen molar-refractivity contribution in [2.75, 3.05) is 19.2 Å². The van der Waals surface area contributed by atoms with Gasteiger partial charge in [0.2, 0.25) is 0 Å². The molecule has 0 saturated carbocycles. The lowest BCUT2D eigenvalue weighted by atomic mass is 10.1. The molecule has 1 aromatic heterocycles. The lowest BCUT2D eigenvalue weighted by Gasteiger charge is -2.20. The smallest absolute Gasteiger partial charge is 0.255 e. The van der Waals surface area contributed by atoms with Gasteiger partial charge >= 0.3 is 0 Å². The maximum absolute atomic E-state index is 15.2. The van der Waals surface area contributed by atoms with Gasteiger partial charge in [-0.15, -0.1) is 0 Å². The van der Waals surface area contributed by atoms with E-state index in [1.165, 1.54) is 35.5 Å². The molecule has 0 unspecified atom stereocenters. The Morgan fingerprint density at radius 2 is 1.98 bits per heavy atom. The molecule has 11 heteroatoms. The van der Waals surface area contributed by atoms with Gasteiger partial charge in [0, 0.05) is 56.4 Å². The minimum atomic E-state index is -0.626. The van der Waals surface area contributed by atoms with Crippen molar-refractivity contribution in [1.82, 2.24) is 20.0 Å². The molecule has 0 spiro atoms. The Balaban J connectivity index is 1.54. The van der Waals surface area contributed by atoms with Gasteiger partial charge in [-0.3, -0.25) is 19.4 Å². The van der Waals surface area contributed by atoms with Crippen molar-refractivity contribution >= 4 is 11.6 Å². The van der Waals surface area contributed by atoms with E-state index in [2.05, 4.69) is 47.4 Å². The Labute approximate surface area is 234 Å². The van der Waals surface area contributed by atoms with Gasteiger partial charge in [-0.25, -0.2) is 10.2 Å². The fraction of sp³-hybridized carbons (Fsp3) is 0.379. The summed E-state index contributed by atoms with van der Waals surface area (Å²) in [6.07, 6.45) is 3.16. The molecule has 0 saturated heterocycles. The number of ether oxygens (including phenoxy) is 2. The molecule has 1 aliphatic heterocycles. The standard InChI is InChI=1S/C29H38FN7O3/c1-18(2)35-14-21-7-6-20(10-22(21)15-35)13-36-16-24(25(34-36)17-39-4)29(38)33-11-23-26(37(32)12-19(3)31)8-9-27(40-5)28(23)30/h6-10,12,16,18H,11,13-15,17,31-32H2,1-5H3,(H,33,38)/b19-12-. The van der Waals surface area contributed by atoms with E-state index < -0.39 is 11.7 Å². The second-order valence-electron chi connectivity index (χ2n) is 10.3. The molecular weight excluding hydrogens is 513 g/mol. The molecule has 214 valence electrons. The maximum Gasteiger partial charge on any atom is 0.255 e. The lowest BCUT2D eigenvalue weighted by molar-refractivity contribution is 0.0945. The van der Waals surface area contributed by atoms with Crippen molar-refractivity contribution in [3.05, 3.63) is 87.8 Å². The van der Waals surface area contributed by atoms with E-state index in [0.717, 1.165) is 18.7 Å². The highest BCUT2D eigenvalue weighted by molar-refractivity contribution is 5.95. The van der Waals surface area contributed by atoms with Crippen molar-refractivity contribution in [3.63, 3.8) is 0 Å². The van der Waals surface area contributed by atoms with Crippen molar-refractivity contribution in [1.29, 1.82) is 0 Å². The summed E-state index contributed by atoms with van der Waals surface area (Å²) in [6.45, 7) is 8.46. The summed E-state index contributed by atoms with van der Waals surface area (Å²) >= 11 is 0. The zero-order valence-corrected chi connectivity index (χ0v) is 23.7. The first-order valence-corrected chi connectivity index (χ1v) is 13.1. The Hall–Kier alpha value is -3.93. The van der Waals surface area contributed by atoms with Crippen LogP contribution >= 0.6 is 0 Å². The minimum absolute atomic E-state index is 0.0357. The van der Waals surface area contributed by atoms with E-state index in [1.54, 1.807) is 31.0 Å². The van der Waals surface area contributed by atoms with Crippen LogP contribution in [-0.4, -0.2) is 40.8 Å². The summed E-state index contributed by atoms with van der Waals surface area (Å²) < 4.78 is 27.4. The summed E-state index contributed by atoms with van der Waals surface area (Å²) in [5.41, 5.74) is 11.3. The Kier molecular flexibility index (Phi) is 9.08. The summed E-state index contributed by atoms with van der Waals surface area (Å²) in [5.74, 6) is 5.09. The average Bonchev–Trinajstić information content (AvgIpc) is 3.51. The van der Waals surface area contributed by atoms with Crippen molar-refractivity contribution in [3.8, 4) is 5.75 Å². The van der Waals surface area contributed by atoms with Gasteiger partial charge in [0.1, 0.15) is 5.69 Å². The Bertz CT molecular complexity index is 1400. The Morgan fingerprint density at radius 3 is 2.65 bits per heavy atom. The van der Waals surface area contributed by atoms with E-state index in [9.17, 15) is 4.79 Å². The number of hydrazine groups is 1. The van der Waals surface area contributed by atoms with Gasteiger partial charge < -0.3 is 20.5 Å². The number of methoxy groups -OCH3 is 2. The molecule has 5 N–H and O–H groups in total. The highest BCUT2D eigenvalue weighted by Gasteiger charge is 2.23. The molecule has 2 aromatic carbocycles. The van der Waals surface area contributed by atoms with Crippen LogP contribution in [0.2, 0.25) is 0 Å². The fourth-order valence-corrected chi connectivity index (χ4v) is 4.81. The number of amides is 1. The topological polar surface area (TPSA) is 124 Å². The lowest BCUT2D eigenvalue weighted by Crippen LogP contribution is -2.30. The molecule has 1 aliphatic rings. The number of aromatic nitrogens is 2. The van der Waals surface area contributed by atoms with Crippen molar-refractivity contribution in [2.45, 2.75) is 59.6 Å². The third kappa shape index (κ3) is 6.44. The summed E-state index contributed by atoms with van der Waals surface area (Å²) in [4.78, 5) is 15.7. The molecule has 0 atom stereocenters. The number of anilines is 1. The van der Waals surface area contributed by atoms with Crippen LogP contribution in [0.4, 0.5) is 10.1 Å². The number of carbonyl (C=O) groups excluding carboxylic acids is 1. The van der Waals surface area contributed by atoms with Crippen LogP contribution in [0.15, 0.2) is 48.4 Å². The quantitative estimate of drug-likeness (QED) is 0.245. The van der Waals surface area contributed by atoms with Crippen molar-refractivity contribution < 1.29 is 18.7 Å². The highest BCUT2D eigenvalue weighted by atomic mass is 19.1. The van der Waals surface area contributed by atoms with Crippen molar-refractivity contribution in [2.24, 2.45) is 11.6 Å². The molecule has 1 amide bonds. The third-order valence-corrected chi connectivity index (χ3v) is 6.91. The fourth-order valence-electron chi connectivity index (χ4n) is 4.81. The number of fused-ring (bicyclic) bond motifs is 1. The van der Waals surface area contributed by atoms with Crippen LogP contribution in [0, 0.1) is 5.82 Å². The van der Waals surface area contributed by atoms with E-state index in [1.807, 2.05) is 0 Å². The second kappa shape index (κ2) is 12.5. The number of nitrogens with two attached hydrogens (primary N) is 2. The first-order chi connectivity index (χ1) is 19.1. The number of halogens is 1. The van der Waals surface area contributed by atoms with Crippen LogP contribution in [0.1, 0.15) is 59.1 Å². The highest BCUT2D eigenvalue weighted by Crippen LogP contribution is 2.30. The second-order valence-corrected chi connectivity index (χ2v) is 10.3. The normalized spacial score (nSPS) is 13.6. The molecule has 0 radical (unpaired) electrons. The van der Waals surface area contributed by atoms with Crippen LogP contribution in [-0.2, 0) is 37.5 Å². The predicted molar refractivity (Wildman–Crippen MR) is 152 cm³/mol. The number of hydrogen-bond donors (Lipinski definition) is 3. The summed E-state index contributed by atoms with van der Waals surface area (Å²) in [7, 11) is 2.92. The number of allylic oxidation sites excluding steroid dienone is 1. The molecule has 3 aromatic rings. The van der Waals surface area contributed by atoms with E-state index in [0.29, 0.717) is 35.2 Å². The first-order valence-electron chi connectivity index (χ1n) is 13.1. The number of benzene rings is 2. The van der Waals surface area contributed by atoms with Gasteiger partial charge in [-0.05, 0) is 49.6 Å².